The molecule has 0 N–H and O–H groups in total. The lowest BCUT2D eigenvalue weighted by Gasteiger charge is -2.22. The summed E-state index contributed by atoms with van der Waals surface area (Å²) in [6.07, 6.45) is 0.910. The molecule has 2 aromatic carbocycles. The molecule has 34 heavy (non-hydrogen) atoms. The largest absolute Gasteiger partial charge is 0.493 e. The van der Waals surface area contributed by atoms with E-state index in [9.17, 15) is 38.2 Å². The van der Waals surface area contributed by atoms with Gasteiger partial charge < -0.3 is 9.47 Å². The Bertz CT molecular complexity index is 1320. The number of nitrogens with zero attached hydrogens (tertiary/aromatic N) is 3. The number of imide groups is 1. The summed E-state index contributed by atoms with van der Waals surface area (Å²) in [4.78, 5) is 47.0. The van der Waals surface area contributed by atoms with Crippen LogP contribution < -0.4 is 9.47 Å². The number of fused-ring (bicyclic) bond motifs is 1. The number of amides is 2. The molecule has 1 aliphatic rings. The number of carbonyl (C=O) groups excluding carboxylic acids is 2. The Labute approximate surface area is 193 Å². The highest BCUT2D eigenvalue weighted by molar-refractivity contribution is 7.91. The standard InChI is InChI=1S/C20H19N3O10S/c1-4-33-15-9-11(5-8-14(15)32-2)16(34(3,30)31)10-21-19(24)12-6-7-13(22(26)27)18(23(28)29)17(12)20(21)25/h5-9,16H,4,10H2,1-3H3. The molecular formula is C20H19N3O10S. The van der Waals surface area contributed by atoms with E-state index >= 15 is 0 Å². The van der Waals surface area contributed by atoms with Crippen LogP contribution in [0.15, 0.2) is 30.3 Å². The van der Waals surface area contributed by atoms with Crippen molar-refractivity contribution < 1.29 is 37.3 Å². The summed E-state index contributed by atoms with van der Waals surface area (Å²) in [5.74, 6) is -1.61. The Hall–Kier alpha value is -4.07. The van der Waals surface area contributed by atoms with Crippen LogP contribution in [-0.2, 0) is 9.84 Å². The van der Waals surface area contributed by atoms with Crippen molar-refractivity contribution in [2.24, 2.45) is 0 Å². The highest BCUT2D eigenvalue weighted by Crippen LogP contribution is 2.39. The van der Waals surface area contributed by atoms with Gasteiger partial charge in [-0.25, -0.2) is 8.42 Å². The van der Waals surface area contributed by atoms with Gasteiger partial charge in [-0.15, -0.1) is 0 Å². The predicted octanol–water partition coefficient (Wildman–Crippen LogP) is 2.29. The van der Waals surface area contributed by atoms with Gasteiger partial charge in [0.25, 0.3) is 11.8 Å². The van der Waals surface area contributed by atoms with Crippen molar-refractivity contribution in [1.82, 2.24) is 4.90 Å². The van der Waals surface area contributed by atoms with Crippen LogP contribution in [0.25, 0.3) is 0 Å². The van der Waals surface area contributed by atoms with Crippen LogP contribution >= 0.6 is 0 Å². The maximum absolute atomic E-state index is 13.0. The molecule has 2 amide bonds. The summed E-state index contributed by atoms with van der Waals surface area (Å²) in [5.41, 5.74) is -3.06. The fourth-order valence-corrected chi connectivity index (χ4v) is 4.72. The second-order valence-electron chi connectivity index (χ2n) is 7.25. The van der Waals surface area contributed by atoms with E-state index < -0.39 is 65.8 Å². The van der Waals surface area contributed by atoms with Crippen molar-refractivity contribution in [3.05, 3.63) is 67.3 Å². The molecule has 0 aliphatic carbocycles. The zero-order chi connectivity index (χ0) is 25.4. The van der Waals surface area contributed by atoms with Crippen LogP contribution in [-0.4, -0.2) is 61.5 Å². The molecule has 14 heteroatoms. The molecule has 0 saturated heterocycles. The zero-order valence-electron chi connectivity index (χ0n) is 18.2. The van der Waals surface area contributed by atoms with E-state index in [4.69, 9.17) is 9.47 Å². The number of ether oxygens (including phenoxy) is 2. The average molecular weight is 493 g/mol. The lowest BCUT2D eigenvalue weighted by atomic mass is 10.1. The third-order valence-electron chi connectivity index (χ3n) is 5.20. The molecule has 0 radical (unpaired) electrons. The first-order valence-corrected chi connectivity index (χ1v) is 11.7. The van der Waals surface area contributed by atoms with Gasteiger partial charge in [0.15, 0.2) is 21.3 Å². The quantitative estimate of drug-likeness (QED) is 0.286. The summed E-state index contributed by atoms with van der Waals surface area (Å²) in [6, 6.07) is 6.00. The van der Waals surface area contributed by atoms with Crippen molar-refractivity contribution in [1.29, 1.82) is 0 Å². The van der Waals surface area contributed by atoms with E-state index in [1.54, 1.807) is 6.92 Å². The molecule has 180 valence electrons. The first-order chi connectivity index (χ1) is 15.9. The van der Waals surface area contributed by atoms with Crippen LogP contribution in [0.4, 0.5) is 11.4 Å². The van der Waals surface area contributed by atoms with Crippen LogP contribution in [0.1, 0.15) is 38.5 Å². The molecule has 1 unspecified atom stereocenters. The molecule has 3 rings (SSSR count). The molecule has 2 aromatic rings. The van der Waals surface area contributed by atoms with Crippen molar-refractivity contribution >= 4 is 33.0 Å². The Balaban J connectivity index is 2.09. The second-order valence-corrected chi connectivity index (χ2v) is 9.48. The number of nitro groups is 2. The maximum atomic E-state index is 13.0. The minimum absolute atomic E-state index is 0.184. The van der Waals surface area contributed by atoms with Gasteiger partial charge in [-0.2, -0.15) is 0 Å². The highest BCUT2D eigenvalue weighted by Gasteiger charge is 2.46. The number of hydrogen-bond donors (Lipinski definition) is 0. The molecule has 1 atom stereocenters. The Kier molecular flexibility index (Phi) is 6.54. The SMILES string of the molecule is CCOc1cc(C(CN2C(=O)c3ccc([N+](=O)[O-])c([N+](=O)[O-])c3C2=O)S(C)(=O)=O)ccc1OC. The molecule has 0 spiro atoms. The van der Waals surface area contributed by atoms with E-state index in [0.29, 0.717) is 10.6 Å². The number of sulfone groups is 1. The van der Waals surface area contributed by atoms with Gasteiger partial charge in [-0.05, 0) is 30.7 Å². The van der Waals surface area contributed by atoms with Crippen LogP contribution in [0, 0.1) is 20.2 Å². The third-order valence-corrected chi connectivity index (χ3v) is 6.65. The van der Waals surface area contributed by atoms with Gasteiger partial charge in [0, 0.05) is 12.3 Å². The summed E-state index contributed by atoms with van der Waals surface area (Å²) >= 11 is 0. The van der Waals surface area contributed by atoms with Crippen LogP contribution in [0.2, 0.25) is 0 Å². The van der Waals surface area contributed by atoms with E-state index in [1.165, 1.54) is 25.3 Å². The van der Waals surface area contributed by atoms with E-state index in [2.05, 4.69) is 0 Å². The molecule has 0 saturated carbocycles. The van der Waals surface area contributed by atoms with Crippen molar-refractivity contribution in [3.8, 4) is 11.5 Å². The number of rotatable bonds is 9. The van der Waals surface area contributed by atoms with Crippen molar-refractivity contribution in [2.45, 2.75) is 12.2 Å². The molecule has 0 bridgehead atoms. The molecule has 0 fully saturated rings. The summed E-state index contributed by atoms with van der Waals surface area (Å²) in [7, 11) is -2.52. The van der Waals surface area contributed by atoms with Gasteiger partial charge in [-0.3, -0.25) is 34.7 Å². The Morgan fingerprint density at radius 1 is 1.03 bits per heavy atom. The first kappa shape index (κ1) is 24.6. The summed E-state index contributed by atoms with van der Waals surface area (Å²) in [5, 5.41) is 21.3. The number of nitro benzene ring substituents is 2. The normalized spacial score (nSPS) is 14.0. The van der Waals surface area contributed by atoms with Gasteiger partial charge in [0.2, 0.25) is 0 Å². The van der Waals surface area contributed by atoms with Gasteiger partial charge in [0.1, 0.15) is 10.8 Å². The molecule has 1 heterocycles. The smallest absolute Gasteiger partial charge is 0.359 e. The molecular weight excluding hydrogens is 474 g/mol. The van der Waals surface area contributed by atoms with Crippen molar-refractivity contribution in [2.75, 3.05) is 26.5 Å². The van der Waals surface area contributed by atoms with E-state index in [-0.39, 0.29) is 17.9 Å². The first-order valence-electron chi connectivity index (χ1n) is 9.73. The minimum atomic E-state index is -3.92. The Morgan fingerprint density at radius 3 is 2.24 bits per heavy atom. The fourth-order valence-electron chi connectivity index (χ4n) is 3.66. The Morgan fingerprint density at radius 2 is 1.71 bits per heavy atom. The maximum Gasteiger partial charge on any atom is 0.359 e. The lowest BCUT2D eigenvalue weighted by Crippen LogP contribution is -2.36. The predicted molar refractivity (Wildman–Crippen MR) is 117 cm³/mol. The average Bonchev–Trinajstić information content (AvgIpc) is 3.00. The highest BCUT2D eigenvalue weighted by atomic mass is 32.2. The summed E-state index contributed by atoms with van der Waals surface area (Å²) in [6.45, 7) is 1.29. The van der Waals surface area contributed by atoms with Gasteiger partial charge in [0.05, 0.1) is 35.7 Å². The number of methoxy groups -OCH3 is 1. The second kappa shape index (κ2) is 9.05. The van der Waals surface area contributed by atoms with E-state index in [0.717, 1.165) is 18.4 Å². The van der Waals surface area contributed by atoms with Crippen LogP contribution in [0.5, 0.6) is 11.5 Å². The fraction of sp³-hybridized carbons (Fsp3) is 0.300. The van der Waals surface area contributed by atoms with E-state index in [1.807, 2.05) is 0 Å². The van der Waals surface area contributed by atoms with Crippen molar-refractivity contribution in [3.63, 3.8) is 0 Å². The summed E-state index contributed by atoms with van der Waals surface area (Å²) < 4.78 is 35.9. The van der Waals surface area contributed by atoms with Crippen LogP contribution in [0.3, 0.4) is 0 Å². The zero-order valence-corrected chi connectivity index (χ0v) is 19.0. The monoisotopic (exact) mass is 493 g/mol. The van der Waals surface area contributed by atoms with Gasteiger partial charge >= 0.3 is 11.4 Å². The molecule has 0 aromatic heterocycles. The number of carbonyl (C=O) groups is 2. The third kappa shape index (κ3) is 4.26. The number of benzene rings is 2. The molecule has 13 nitrogen and oxygen atoms in total. The number of hydrogen-bond acceptors (Lipinski definition) is 10. The lowest BCUT2D eigenvalue weighted by molar-refractivity contribution is -0.422. The molecule has 1 aliphatic heterocycles. The minimum Gasteiger partial charge on any atom is -0.493 e. The van der Waals surface area contributed by atoms with Gasteiger partial charge in [-0.1, -0.05) is 6.07 Å². The topological polar surface area (TPSA) is 176 Å².